The minimum absolute atomic E-state index is 0.0747. The summed E-state index contributed by atoms with van der Waals surface area (Å²) in [5.41, 5.74) is 2.62. The zero-order chi connectivity index (χ0) is 24.7. The minimum atomic E-state index is -0.733. The minimum Gasteiger partial charge on any atom is -0.493 e. The first kappa shape index (κ1) is 24.2. The van der Waals surface area contributed by atoms with Crippen LogP contribution in [0.3, 0.4) is 0 Å². The number of methoxy groups -OCH3 is 1. The Morgan fingerprint density at radius 3 is 2.74 bits per heavy atom. The molecule has 0 radical (unpaired) electrons. The second-order valence-electron chi connectivity index (χ2n) is 6.98. The molecule has 1 N–H and O–H groups in total. The molecule has 2 aromatic carbocycles. The van der Waals surface area contributed by atoms with E-state index in [0.29, 0.717) is 16.9 Å². The van der Waals surface area contributed by atoms with Crippen LogP contribution in [0.5, 0.6) is 11.5 Å². The van der Waals surface area contributed by atoms with Crippen LogP contribution in [0, 0.1) is 22.5 Å². The molecule has 3 rings (SSSR count). The van der Waals surface area contributed by atoms with Crippen LogP contribution in [0.4, 0.5) is 11.4 Å². The summed E-state index contributed by atoms with van der Waals surface area (Å²) in [5, 5.41) is 16.1. The lowest BCUT2D eigenvalue weighted by Gasteiger charge is -2.18. The summed E-state index contributed by atoms with van der Waals surface area (Å²) < 4.78 is 10.9. The van der Waals surface area contributed by atoms with E-state index in [0.717, 1.165) is 11.0 Å². The van der Waals surface area contributed by atoms with Crippen LogP contribution in [0.15, 0.2) is 47.3 Å². The molecule has 0 aliphatic heterocycles. The van der Waals surface area contributed by atoms with Gasteiger partial charge >= 0.3 is 0 Å². The Morgan fingerprint density at radius 2 is 2.09 bits per heavy atom. The molecule has 0 atom stereocenters. The highest BCUT2D eigenvalue weighted by Crippen LogP contribution is 2.35. The topological polar surface area (TPSA) is 124 Å². The summed E-state index contributed by atoms with van der Waals surface area (Å²) in [7, 11) is 2.72. The summed E-state index contributed by atoms with van der Waals surface area (Å²) in [5.74, 6) is 1.46. The number of likely N-dealkylation sites (N-methyl/N-ethyl adjacent to an activating group) is 1. The summed E-state index contributed by atoms with van der Waals surface area (Å²) in [6, 6.07) is 9.01. The van der Waals surface area contributed by atoms with Crippen LogP contribution in [-0.2, 0) is 11.4 Å². The Hall–Kier alpha value is -4.43. The predicted octanol–water partition coefficient (Wildman–Crippen LogP) is 3.33. The zero-order valence-corrected chi connectivity index (χ0v) is 19.1. The molecule has 0 aliphatic rings. The van der Waals surface area contributed by atoms with Crippen molar-refractivity contribution in [2.45, 2.75) is 6.61 Å². The fraction of sp³-hybridized carbons (Fsp3) is 0.174. The predicted molar refractivity (Wildman–Crippen MR) is 126 cm³/mol. The van der Waals surface area contributed by atoms with Crippen LogP contribution in [0.25, 0.3) is 0 Å². The Bertz CT molecular complexity index is 1250. The van der Waals surface area contributed by atoms with Gasteiger partial charge in [-0.2, -0.15) is 0 Å². The van der Waals surface area contributed by atoms with Gasteiger partial charge in [0.1, 0.15) is 12.2 Å². The molecule has 10 nitrogen and oxygen atoms in total. The lowest BCUT2D eigenvalue weighted by molar-refractivity contribution is -0.385. The SMILES string of the molecule is C#Cc1cccc(NC(=O)CN(C)C(=O)c2cc(OC)c(OCc3cscn3)cc2[N+](=O)[O-])c1. The molecular formula is C23H20N4O6S. The van der Waals surface area contributed by atoms with Crippen molar-refractivity contribution in [2.75, 3.05) is 26.0 Å². The fourth-order valence-electron chi connectivity index (χ4n) is 2.98. The van der Waals surface area contributed by atoms with Crippen molar-refractivity contribution in [3.05, 3.63) is 74.2 Å². The number of thiazole rings is 1. The third kappa shape index (κ3) is 5.87. The molecule has 0 fully saturated rings. The van der Waals surface area contributed by atoms with Crippen LogP contribution in [0.2, 0.25) is 0 Å². The van der Waals surface area contributed by atoms with E-state index in [1.54, 1.807) is 35.2 Å². The van der Waals surface area contributed by atoms with Crippen molar-refractivity contribution >= 4 is 34.5 Å². The zero-order valence-electron chi connectivity index (χ0n) is 18.3. The van der Waals surface area contributed by atoms with Crippen molar-refractivity contribution in [1.29, 1.82) is 0 Å². The van der Waals surface area contributed by atoms with Gasteiger partial charge in [-0.05, 0) is 18.2 Å². The van der Waals surface area contributed by atoms with E-state index in [9.17, 15) is 19.7 Å². The number of hydrogen-bond acceptors (Lipinski definition) is 8. The van der Waals surface area contributed by atoms with Gasteiger partial charge < -0.3 is 19.7 Å². The number of ether oxygens (including phenoxy) is 2. The highest BCUT2D eigenvalue weighted by molar-refractivity contribution is 7.07. The van der Waals surface area contributed by atoms with Gasteiger partial charge in [-0.1, -0.05) is 12.0 Å². The molecule has 0 spiro atoms. The fourth-order valence-corrected chi connectivity index (χ4v) is 3.53. The highest BCUT2D eigenvalue weighted by atomic mass is 32.1. The largest absolute Gasteiger partial charge is 0.493 e. The lowest BCUT2D eigenvalue weighted by Crippen LogP contribution is -2.35. The monoisotopic (exact) mass is 480 g/mol. The average molecular weight is 481 g/mol. The summed E-state index contributed by atoms with van der Waals surface area (Å²) in [6.45, 7) is -0.272. The Morgan fingerprint density at radius 1 is 1.29 bits per heavy atom. The molecule has 11 heteroatoms. The van der Waals surface area contributed by atoms with Crippen molar-refractivity contribution in [3.63, 3.8) is 0 Å². The van der Waals surface area contributed by atoms with E-state index < -0.39 is 22.4 Å². The van der Waals surface area contributed by atoms with Crippen molar-refractivity contribution < 1.29 is 24.0 Å². The second kappa shape index (κ2) is 10.9. The average Bonchev–Trinajstić information content (AvgIpc) is 3.35. The first-order valence-corrected chi connectivity index (χ1v) is 10.7. The number of carbonyl (C=O) groups excluding carboxylic acids is 2. The third-order valence-electron chi connectivity index (χ3n) is 4.61. The third-order valence-corrected chi connectivity index (χ3v) is 5.24. The van der Waals surface area contributed by atoms with E-state index in [-0.39, 0.29) is 30.2 Å². The maximum Gasteiger partial charge on any atom is 0.286 e. The number of amides is 2. The normalized spacial score (nSPS) is 10.1. The number of benzene rings is 2. The van der Waals surface area contributed by atoms with Crippen LogP contribution < -0.4 is 14.8 Å². The molecule has 0 unspecified atom stereocenters. The second-order valence-corrected chi connectivity index (χ2v) is 7.70. The molecule has 34 heavy (non-hydrogen) atoms. The highest BCUT2D eigenvalue weighted by Gasteiger charge is 2.27. The maximum atomic E-state index is 13.0. The molecule has 2 amide bonds. The van der Waals surface area contributed by atoms with E-state index in [1.165, 1.54) is 31.6 Å². The standard InChI is InChI=1S/C23H20N4O6S/c1-4-15-6-5-7-16(8-15)25-22(28)11-26(2)23(29)18-9-20(32-3)21(10-19(18)27(30)31)33-12-17-13-34-14-24-17/h1,5-10,13-14H,11-12H2,2-3H3,(H,25,28). The Labute approximate surface area is 199 Å². The van der Waals surface area contributed by atoms with Gasteiger partial charge in [-0.25, -0.2) is 4.98 Å². The van der Waals surface area contributed by atoms with Crippen molar-refractivity contribution in [3.8, 4) is 23.8 Å². The first-order chi connectivity index (χ1) is 16.3. The first-order valence-electron chi connectivity index (χ1n) is 9.80. The van der Waals surface area contributed by atoms with Crippen molar-refractivity contribution in [1.82, 2.24) is 9.88 Å². The van der Waals surface area contributed by atoms with Crippen LogP contribution in [-0.4, -0.2) is 47.3 Å². The number of nitro benzene ring substituents is 1. The molecule has 0 bridgehead atoms. The molecule has 1 aromatic heterocycles. The van der Waals surface area contributed by atoms with Gasteiger partial charge in [-0.15, -0.1) is 17.8 Å². The number of rotatable bonds is 9. The van der Waals surface area contributed by atoms with Gasteiger partial charge in [0.15, 0.2) is 11.5 Å². The van der Waals surface area contributed by atoms with Gasteiger partial charge in [0.2, 0.25) is 5.91 Å². The molecule has 3 aromatic rings. The number of anilines is 1. The Balaban J connectivity index is 1.78. The number of hydrogen-bond donors (Lipinski definition) is 1. The van der Waals surface area contributed by atoms with E-state index in [4.69, 9.17) is 15.9 Å². The van der Waals surface area contributed by atoms with Crippen LogP contribution >= 0.6 is 11.3 Å². The van der Waals surface area contributed by atoms with Crippen LogP contribution in [0.1, 0.15) is 21.6 Å². The Kier molecular flexibility index (Phi) is 7.79. The van der Waals surface area contributed by atoms with Crippen molar-refractivity contribution in [2.24, 2.45) is 0 Å². The van der Waals surface area contributed by atoms with E-state index in [2.05, 4.69) is 16.2 Å². The number of aromatic nitrogens is 1. The van der Waals surface area contributed by atoms with Gasteiger partial charge in [0.05, 0.1) is 35.8 Å². The molecular weight excluding hydrogens is 460 g/mol. The van der Waals surface area contributed by atoms with E-state index >= 15 is 0 Å². The number of carbonyl (C=O) groups is 2. The number of nitrogens with one attached hydrogen (secondary N) is 1. The molecule has 1 heterocycles. The number of nitrogens with zero attached hydrogens (tertiary/aromatic N) is 3. The molecule has 174 valence electrons. The number of nitro groups is 1. The molecule has 0 saturated carbocycles. The summed E-state index contributed by atoms with van der Waals surface area (Å²) in [4.78, 5) is 41.6. The quantitative estimate of drug-likeness (QED) is 0.283. The van der Waals surface area contributed by atoms with E-state index in [1.807, 2.05) is 0 Å². The molecule has 0 saturated heterocycles. The maximum absolute atomic E-state index is 13.0. The van der Waals surface area contributed by atoms with Gasteiger partial charge in [0, 0.05) is 29.7 Å². The van der Waals surface area contributed by atoms with Gasteiger partial charge in [0.25, 0.3) is 11.6 Å². The summed E-state index contributed by atoms with van der Waals surface area (Å²) in [6.07, 6.45) is 5.36. The number of terminal acetylenes is 1. The molecule has 0 aliphatic carbocycles. The summed E-state index contributed by atoms with van der Waals surface area (Å²) >= 11 is 1.39. The van der Waals surface area contributed by atoms with Gasteiger partial charge in [-0.3, -0.25) is 19.7 Å². The lowest BCUT2D eigenvalue weighted by atomic mass is 10.1. The smallest absolute Gasteiger partial charge is 0.286 e.